The Labute approximate surface area is 124 Å². The van der Waals surface area contributed by atoms with Crippen LogP contribution >= 0.6 is 0 Å². The fourth-order valence-electron chi connectivity index (χ4n) is 2.24. The van der Waals surface area contributed by atoms with E-state index in [-0.39, 0.29) is 35.0 Å². The van der Waals surface area contributed by atoms with E-state index in [9.17, 15) is 18.3 Å². The lowest BCUT2D eigenvalue weighted by Crippen LogP contribution is -2.53. The largest absolute Gasteiger partial charge is 0.508 e. The third-order valence-corrected chi connectivity index (χ3v) is 5.24. The highest BCUT2D eigenvalue weighted by Gasteiger charge is 2.29. The molecule has 1 heterocycles. The molecule has 1 aliphatic rings. The van der Waals surface area contributed by atoms with Gasteiger partial charge >= 0.3 is 0 Å². The minimum atomic E-state index is -3.57. The van der Waals surface area contributed by atoms with Gasteiger partial charge < -0.3 is 10.0 Å². The van der Waals surface area contributed by atoms with Crippen molar-refractivity contribution in [3.8, 4) is 5.75 Å². The van der Waals surface area contributed by atoms with Gasteiger partial charge in [0.05, 0.1) is 11.4 Å². The number of aromatic hydroxyl groups is 1. The van der Waals surface area contributed by atoms with Gasteiger partial charge in [-0.05, 0) is 38.1 Å². The van der Waals surface area contributed by atoms with Crippen LogP contribution in [0.5, 0.6) is 5.75 Å². The smallest absolute Gasteiger partial charge is 0.237 e. The Morgan fingerprint density at radius 2 is 1.81 bits per heavy atom. The number of phenolic OH excluding ortho intramolecular Hbond substituents is 1. The lowest BCUT2D eigenvalue weighted by atomic mass is 10.2. The molecular weight excluding hydrogens is 292 g/mol. The molecule has 1 N–H and O–H groups in total. The summed E-state index contributed by atoms with van der Waals surface area (Å²) in [6, 6.07) is 5.61. The van der Waals surface area contributed by atoms with Crippen LogP contribution in [0.15, 0.2) is 29.2 Å². The SMILES string of the molecule is CC(C)N1CCN(CS(=O)(=O)c2ccc(O)cc2)C(=O)C1. The highest BCUT2D eigenvalue weighted by molar-refractivity contribution is 7.91. The normalized spacial score (nSPS) is 17.5. The molecule has 1 aromatic rings. The zero-order valence-corrected chi connectivity index (χ0v) is 13.0. The second-order valence-corrected chi connectivity index (χ2v) is 7.42. The number of amides is 1. The van der Waals surface area contributed by atoms with Gasteiger partial charge in [0.2, 0.25) is 5.91 Å². The summed E-state index contributed by atoms with van der Waals surface area (Å²) in [6.45, 7) is 5.36. The Morgan fingerprint density at radius 3 is 2.33 bits per heavy atom. The van der Waals surface area contributed by atoms with E-state index in [1.54, 1.807) is 0 Å². The van der Waals surface area contributed by atoms with E-state index < -0.39 is 9.84 Å². The zero-order valence-electron chi connectivity index (χ0n) is 12.2. The topological polar surface area (TPSA) is 77.9 Å². The molecule has 1 aromatic carbocycles. The number of hydrogen-bond acceptors (Lipinski definition) is 5. The van der Waals surface area contributed by atoms with Gasteiger partial charge in [0.15, 0.2) is 9.84 Å². The number of nitrogens with zero attached hydrogens (tertiary/aromatic N) is 2. The van der Waals surface area contributed by atoms with Crippen molar-refractivity contribution >= 4 is 15.7 Å². The molecule has 1 aliphatic heterocycles. The number of sulfone groups is 1. The van der Waals surface area contributed by atoms with Crippen molar-refractivity contribution in [3.05, 3.63) is 24.3 Å². The van der Waals surface area contributed by atoms with Gasteiger partial charge in [-0.2, -0.15) is 0 Å². The zero-order chi connectivity index (χ0) is 15.6. The maximum absolute atomic E-state index is 12.3. The van der Waals surface area contributed by atoms with Crippen molar-refractivity contribution in [2.75, 3.05) is 25.5 Å². The molecule has 1 amide bonds. The van der Waals surface area contributed by atoms with Gasteiger partial charge in [0.1, 0.15) is 11.6 Å². The van der Waals surface area contributed by atoms with Crippen LogP contribution in [-0.2, 0) is 14.6 Å². The van der Waals surface area contributed by atoms with E-state index >= 15 is 0 Å². The Hall–Kier alpha value is -1.60. The molecule has 116 valence electrons. The summed E-state index contributed by atoms with van der Waals surface area (Å²) in [5.41, 5.74) is 0. The lowest BCUT2D eigenvalue weighted by Gasteiger charge is -2.36. The summed E-state index contributed by atoms with van der Waals surface area (Å²) < 4.78 is 24.6. The first-order chi connectivity index (χ1) is 9.79. The van der Waals surface area contributed by atoms with Crippen LogP contribution in [0.3, 0.4) is 0 Å². The molecule has 0 aromatic heterocycles. The van der Waals surface area contributed by atoms with Gasteiger partial charge in [-0.15, -0.1) is 0 Å². The molecule has 0 spiro atoms. The predicted molar refractivity (Wildman–Crippen MR) is 78.6 cm³/mol. The standard InChI is InChI=1S/C14H20N2O4S/c1-11(2)15-7-8-16(14(18)9-15)10-21(19,20)13-5-3-12(17)4-6-13/h3-6,11,17H,7-10H2,1-2H3. The summed E-state index contributed by atoms with van der Waals surface area (Å²) in [5, 5.41) is 9.20. The molecule has 2 rings (SSSR count). The molecule has 6 nitrogen and oxygen atoms in total. The first-order valence-electron chi connectivity index (χ1n) is 6.83. The molecule has 0 bridgehead atoms. The quantitative estimate of drug-likeness (QED) is 0.884. The average Bonchev–Trinajstić information content (AvgIpc) is 2.41. The second-order valence-electron chi connectivity index (χ2n) is 5.46. The fraction of sp³-hybridized carbons (Fsp3) is 0.500. The summed E-state index contributed by atoms with van der Waals surface area (Å²) >= 11 is 0. The van der Waals surface area contributed by atoms with Crippen LogP contribution in [-0.4, -0.2) is 60.8 Å². The third kappa shape index (κ3) is 3.74. The van der Waals surface area contributed by atoms with Crippen LogP contribution in [0.1, 0.15) is 13.8 Å². The molecule has 1 fully saturated rings. The van der Waals surface area contributed by atoms with Gasteiger partial charge in [0.25, 0.3) is 0 Å². The van der Waals surface area contributed by atoms with Crippen molar-refractivity contribution in [1.82, 2.24) is 9.80 Å². The predicted octanol–water partition coefficient (Wildman–Crippen LogP) is 0.676. The summed E-state index contributed by atoms with van der Waals surface area (Å²) in [7, 11) is -3.57. The first kappa shape index (κ1) is 15.8. The molecular formula is C14H20N2O4S. The Bertz CT molecular complexity index is 610. The number of carbonyl (C=O) groups excluding carboxylic acids is 1. The summed E-state index contributed by atoms with van der Waals surface area (Å²) in [5.74, 6) is -0.476. The van der Waals surface area contributed by atoms with E-state index in [4.69, 9.17) is 0 Å². The minimum absolute atomic E-state index is 0.00979. The molecule has 1 saturated heterocycles. The number of benzene rings is 1. The number of hydrogen-bond donors (Lipinski definition) is 1. The van der Waals surface area contributed by atoms with Crippen LogP contribution in [0, 0.1) is 0 Å². The second kappa shape index (κ2) is 6.03. The van der Waals surface area contributed by atoms with E-state index in [2.05, 4.69) is 0 Å². The van der Waals surface area contributed by atoms with E-state index in [0.717, 1.165) is 0 Å². The molecule has 0 unspecified atom stereocenters. The van der Waals surface area contributed by atoms with Crippen molar-refractivity contribution in [3.63, 3.8) is 0 Å². The highest BCUT2D eigenvalue weighted by Crippen LogP contribution is 2.18. The Balaban J connectivity index is 2.08. The molecule has 0 aliphatic carbocycles. The first-order valence-corrected chi connectivity index (χ1v) is 8.48. The molecule has 0 saturated carbocycles. The fourth-order valence-corrected chi connectivity index (χ4v) is 3.62. The van der Waals surface area contributed by atoms with E-state index in [1.165, 1.54) is 29.2 Å². The monoisotopic (exact) mass is 312 g/mol. The molecule has 0 atom stereocenters. The van der Waals surface area contributed by atoms with Crippen molar-refractivity contribution in [1.29, 1.82) is 0 Å². The Morgan fingerprint density at radius 1 is 1.19 bits per heavy atom. The van der Waals surface area contributed by atoms with E-state index in [0.29, 0.717) is 13.1 Å². The number of rotatable bonds is 4. The number of phenols is 1. The van der Waals surface area contributed by atoms with Crippen molar-refractivity contribution in [2.24, 2.45) is 0 Å². The van der Waals surface area contributed by atoms with Crippen LogP contribution < -0.4 is 0 Å². The summed E-state index contributed by atoms with van der Waals surface area (Å²) in [4.78, 5) is 15.6. The molecule has 0 radical (unpaired) electrons. The number of piperazine rings is 1. The highest BCUT2D eigenvalue weighted by atomic mass is 32.2. The van der Waals surface area contributed by atoms with E-state index in [1.807, 2.05) is 18.7 Å². The maximum Gasteiger partial charge on any atom is 0.237 e. The van der Waals surface area contributed by atoms with Crippen molar-refractivity contribution < 1.29 is 18.3 Å². The van der Waals surface area contributed by atoms with Crippen LogP contribution in [0.4, 0.5) is 0 Å². The van der Waals surface area contributed by atoms with Gasteiger partial charge in [0, 0.05) is 19.1 Å². The van der Waals surface area contributed by atoms with Crippen LogP contribution in [0.2, 0.25) is 0 Å². The van der Waals surface area contributed by atoms with Crippen molar-refractivity contribution in [2.45, 2.75) is 24.8 Å². The summed E-state index contributed by atoms with van der Waals surface area (Å²) in [6.07, 6.45) is 0. The van der Waals surface area contributed by atoms with Gasteiger partial charge in [-0.25, -0.2) is 8.42 Å². The molecule has 21 heavy (non-hydrogen) atoms. The average molecular weight is 312 g/mol. The minimum Gasteiger partial charge on any atom is -0.508 e. The third-order valence-electron chi connectivity index (χ3n) is 3.60. The number of carbonyl (C=O) groups is 1. The Kier molecular flexibility index (Phi) is 4.53. The maximum atomic E-state index is 12.3. The van der Waals surface area contributed by atoms with Gasteiger partial charge in [-0.1, -0.05) is 0 Å². The molecule has 7 heteroatoms. The van der Waals surface area contributed by atoms with Crippen LogP contribution in [0.25, 0.3) is 0 Å². The lowest BCUT2D eigenvalue weighted by molar-refractivity contribution is -0.135. The van der Waals surface area contributed by atoms with Gasteiger partial charge in [-0.3, -0.25) is 9.69 Å².